The van der Waals surface area contributed by atoms with E-state index in [4.69, 9.17) is 11.6 Å². The lowest BCUT2D eigenvalue weighted by Gasteiger charge is -2.11. The number of nitrogens with one attached hydrogen (secondary N) is 2. The summed E-state index contributed by atoms with van der Waals surface area (Å²) in [4.78, 5) is 4.94. The number of aromatic nitrogens is 3. The van der Waals surface area contributed by atoms with Gasteiger partial charge in [-0.1, -0.05) is 18.7 Å². The van der Waals surface area contributed by atoms with Gasteiger partial charge in [0.1, 0.15) is 6.33 Å². The second-order valence-electron chi connectivity index (χ2n) is 4.56. The third-order valence-corrected chi connectivity index (χ3v) is 5.48. The van der Waals surface area contributed by atoms with Gasteiger partial charge in [-0.2, -0.15) is 5.10 Å². The fourth-order valence-corrected chi connectivity index (χ4v) is 3.96. The fourth-order valence-electron chi connectivity index (χ4n) is 1.59. The zero-order valence-electron chi connectivity index (χ0n) is 11.3. The van der Waals surface area contributed by atoms with E-state index >= 15 is 0 Å². The van der Waals surface area contributed by atoms with Crippen molar-refractivity contribution in [1.82, 2.24) is 15.2 Å². The van der Waals surface area contributed by atoms with Crippen molar-refractivity contribution in [2.24, 2.45) is 5.92 Å². The van der Waals surface area contributed by atoms with Crippen LogP contribution in [0, 0.1) is 5.92 Å². The Kier molecular flexibility index (Phi) is 5.49. The third kappa shape index (κ3) is 5.22. The molecule has 1 atom stereocenters. The van der Waals surface area contributed by atoms with Crippen molar-refractivity contribution in [2.75, 3.05) is 16.4 Å². The lowest BCUT2D eigenvalue weighted by atomic mass is 10.3. The van der Waals surface area contributed by atoms with Gasteiger partial charge in [-0.05, 0) is 30.2 Å². The van der Waals surface area contributed by atoms with Crippen LogP contribution in [0.1, 0.15) is 6.92 Å². The van der Waals surface area contributed by atoms with Gasteiger partial charge >= 0.3 is 0 Å². The van der Waals surface area contributed by atoms with Crippen molar-refractivity contribution < 1.29 is 8.42 Å². The topological polar surface area (TPSA) is 87.7 Å². The minimum absolute atomic E-state index is 0.00503. The van der Waals surface area contributed by atoms with E-state index in [1.54, 1.807) is 19.1 Å². The average Bonchev–Trinajstić information content (AvgIpc) is 2.93. The van der Waals surface area contributed by atoms with Crippen molar-refractivity contribution >= 4 is 39.1 Å². The molecule has 0 aliphatic rings. The van der Waals surface area contributed by atoms with E-state index in [0.717, 1.165) is 4.90 Å². The van der Waals surface area contributed by atoms with Crippen LogP contribution >= 0.6 is 23.4 Å². The van der Waals surface area contributed by atoms with Crippen LogP contribution in [0.15, 0.2) is 40.6 Å². The summed E-state index contributed by atoms with van der Waals surface area (Å²) < 4.78 is 26.4. The van der Waals surface area contributed by atoms with Gasteiger partial charge in [0.15, 0.2) is 5.16 Å². The van der Waals surface area contributed by atoms with Gasteiger partial charge in [-0.25, -0.2) is 13.4 Å². The number of alkyl halides is 1. The summed E-state index contributed by atoms with van der Waals surface area (Å²) in [5, 5.41) is 7.18. The first-order valence-electron chi connectivity index (χ1n) is 6.18. The highest BCUT2D eigenvalue weighted by Gasteiger charge is 2.15. The zero-order chi connectivity index (χ0) is 15.3. The minimum Gasteiger partial charge on any atom is -0.284 e. The van der Waals surface area contributed by atoms with E-state index in [-0.39, 0.29) is 11.7 Å². The van der Waals surface area contributed by atoms with E-state index in [2.05, 4.69) is 19.9 Å². The Hall–Kier alpha value is -1.25. The van der Waals surface area contributed by atoms with Crippen molar-refractivity contribution in [2.45, 2.75) is 17.0 Å². The van der Waals surface area contributed by atoms with Crippen molar-refractivity contribution in [1.29, 1.82) is 0 Å². The molecule has 6 nitrogen and oxygen atoms in total. The number of anilines is 1. The van der Waals surface area contributed by atoms with Gasteiger partial charge in [0.25, 0.3) is 0 Å². The summed E-state index contributed by atoms with van der Waals surface area (Å²) in [7, 11) is -3.38. The summed E-state index contributed by atoms with van der Waals surface area (Å²) in [5.74, 6) is 0.226. The quantitative estimate of drug-likeness (QED) is 0.752. The molecule has 0 saturated carbocycles. The summed E-state index contributed by atoms with van der Waals surface area (Å²) in [6.07, 6.45) is 1.43. The Labute approximate surface area is 132 Å². The number of hydrogen-bond acceptors (Lipinski definition) is 5. The lowest BCUT2D eigenvalue weighted by molar-refractivity contribution is 0.588. The predicted octanol–water partition coefficient (Wildman–Crippen LogP) is 2.57. The fraction of sp³-hybridized carbons (Fsp3) is 0.333. The van der Waals surface area contributed by atoms with Crippen molar-refractivity contribution in [3.8, 4) is 0 Å². The Morgan fingerprint density at radius 3 is 2.67 bits per heavy atom. The van der Waals surface area contributed by atoms with E-state index in [1.165, 1.54) is 18.1 Å². The number of benzene rings is 1. The molecule has 9 heteroatoms. The number of rotatable bonds is 7. The standard InChI is InChI=1S/C12H15ClN4O2S2/c1-9(6-13)7-21(18,19)17-10-2-4-11(5-3-10)20-12-14-8-15-16-12/h2-5,8-9,17H,6-7H2,1H3,(H,14,15,16). The van der Waals surface area contributed by atoms with E-state index < -0.39 is 10.0 Å². The van der Waals surface area contributed by atoms with Crippen molar-refractivity contribution in [3.05, 3.63) is 30.6 Å². The second kappa shape index (κ2) is 7.15. The summed E-state index contributed by atoms with van der Waals surface area (Å²) >= 11 is 7.05. The molecule has 0 amide bonds. The van der Waals surface area contributed by atoms with Crippen molar-refractivity contribution in [3.63, 3.8) is 0 Å². The molecule has 21 heavy (non-hydrogen) atoms. The van der Waals surface area contributed by atoms with Crippen LogP contribution in [-0.4, -0.2) is 35.2 Å². The molecule has 1 aromatic heterocycles. The van der Waals surface area contributed by atoms with Gasteiger partial charge in [0.2, 0.25) is 10.0 Å². The number of H-pyrrole nitrogens is 1. The van der Waals surface area contributed by atoms with E-state index in [0.29, 0.717) is 16.7 Å². The molecule has 0 bridgehead atoms. The molecule has 0 aliphatic carbocycles. The number of aromatic amines is 1. The van der Waals surface area contributed by atoms with Gasteiger partial charge < -0.3 is 0 Å². The molecule has 2 aromatic rings. The monoisotopic (exact) mass is 346 g/mol. The summed E-state index contributed by atoms with van der Waals surface area (Å²) in [6, 6.07) is 7.05. The molecule has 0 radical (unpaired) electrons. The van der Waals surface area contributed by atoms with Crippen LogP contribution in [0.25, 0.3) is 0 Å². The Bertz CT molecular complexity index is 659. The van der Waals surface area contributed by atoms with Crippen LogP contribution in [0.3, 0.4) is 0 Å². The van der Waals surface area contributed by atoms with E-state index in [9.17, 15) is 8.42 Å². The largest absolute Gasteiger partial charge is 0.284 e. The number of halogens is 1. The molecule has 2 N–H and O–H groups in total. The second-order valence-corrected chi connectivity index (χ2v) is 7.70. The summed E-state index contributed by atoms with van der Waals surface area (Å²) in [5.41, 5.74) is 0.527. The molecule has 1 unspecified atom stereocenters. The average molecular weight is 347 g/mol. The maximum absolute atomic E-state index is 11.9. The third-order valence-electron chi connectivity index (χ3n) is 2.50. The molecule has 1 heterocycles. The smallest absolute Gasteiger partial charge is 0.233 e. The van der Waals surface area contributed by atoms with Crippen LogP contribution in [0.2, 0.25) is 0 Å². The van der Waals surface area contributed by atoms with E-state index in [1.807, 2.05) is 12.1 Å². The lowest BCUT2D eigenvalue weighted by Crippen LogP contribution is -2.22. The molecule has 114 valence electrons. The van der Waals surface area contributed by atoms with Crippen LogP contribution < -0.4 is 4.72 Å². The van der Waals surface area contributed by atoms with Gasteiger partial charge in [-0.15, -0.1) is 11.6 Å². The highest BCUT2D eigenvalue weighted by Crippen LogP contribution is 2.25. The maximum atomic E-state index is 11.9. The van der Waals surface area contributed by atoms with Crippen LogP contribution in [0.5, 0.6) is 0 Å². The number of nitrogens with zero attached hydrogens (tertiary/aromatic N) is 2. The highest BCUT2D eigenvalue weighted by atomic mass is 35.5. The highest BCUT2D eigenvalue weighted by molar-refractivity contribution is 7.99. The molecule has 0 saturated heterocycles. The molecule has 2 rings (SSSR count). The number of sulfonamides is 1. The minimum atomic E-state index is -3.38. The summed E-state index contributed by atoms with van der Waals surface area (Å²) in [6.45, 7) is 1.80. The first-order valence-corrected chi connectivity index (χ1v) is 9.18. The first-order chi connectivity index (χ1) is 9.98. The zero-order valence-corrected chi connectivity index (χ0v) is 13.7. The molecular formula is C12H15ClN4O2S2. The molecule has 1 aromatic carbocycles. The normalized spacial score (nSPS) is 13.0. The Balaban J connectivity index is 1.99. The van der Waals surface area contributed by atoms with Crippen LogP contribution in [0.4, 0.5) is 5.69 Å². The Morgan fingerprint density at radius 1 is 1.38 bits per heavy atom. The number of hydrogen-bond donors (Lipinski definition) is 2. The van der Waals surface area contributed by atoms with Gasteiger partial charge in [0, 0.05) is 16.5 Å². The molecule has 0 spiro atoms. The van der Waals surface area contributed by atoms with Gasteiger partial charge in [0.05, 0.1) is 5.75 Å². The SMILES string of the molecule is CC(CCl)CS(=O)(=O)Nc1ccc(Sc2ncn[nH]2)cc1. The first kappa shape index (κ1) is 16.1. The molecule has 0 aliphatic heterocycles. The molecular weight excluding hydrogens is 332 g/mol. The van der Waals surface area contributed by atoms with Gasteiger partial charge in [-0.3, -0.25) is 9.82 Å². The predicted molar refractivity (Wildman–Crippen MR) is 84.2 cm³/mol. The maximum Gasteiger partial charge on any atom is 0.233 e. The Morgan fingerprint density at radius 2 is 2.10 bits per heavy atom. The molecule has 0 fully saturated rings. The van der Waals surface area contributed by atoms with Crippen LogP contribution in [-0.2, 0) is 10.0 Å².